The van der Waals surface area contributed by atoms with E-state index in [0.29, 0.717) is 0 Å². The molecular weight excluding hydrogens is 271 g/mol. The number of hydrogen-bond donors (Lipinski definition) is 1. The number of carbonyl (C=O) groups is 1. The van der Waals surface area contributed by atoms with E-state index >= 15 is 0 Å². The Kier molecular flexibility index (Phi) is 5.56. The molecule has 0 amide bonds. The molecule has 1 rings (SSSR count). The van der Waals surface area contributed by atoms with Crippen LogP contribution in [0.2, 0.25) is 0 Å². The maximum Gasteiger partial charge on any atom is 0.340 e. The molecule has 20 heavy (non-hydrogen) atoms. The van der Waals surface area contributed by atoms with Crippen LogP contribution in [0.3, 0.4) is 0 Å². The third kappa shape index (κ3) is 3.72. The van der Waals surface area contributed by atoms with Crippen LogP contribution in [0, 0.1) is 5.82 Å². The highest BCUT2D eigenvalue weighted by Crippen LogP contribution is 2.29. The molecule has 3 nitrogen and oxygen atoms in total. The summed E-state index contributed by atoms with van der Waals surface area (Å²) in [4.78, 5) is 11.1. The Morgan fingerprint density at radius 1 is 1.40 bits per heavy atom. The smallest absolute Gasteiger partial charge is 0.340 e. The van der Waals surface area contributed by atoms with E-state index in [1.165, 1.54) is 32.0 Å². The molecule has 6 heteroatoms. The lowest BCUT2D eigenvalue weighted by Gasteiger charge is -2.30. The maximum absolute atomic E-state index is 14.2. The highest BCUT2D eigenvalue weighted by atomic mass is 19.1. The molecular formula is C14H18F3NO2. The van der Waals surface area contributed by atoms with Gasteiger partial charge in [-0.15, -0.1) is 0 Å². The first kappa shape index (κ1) is 16.5. The zero-order valence-electron chi connectivity index (χ0n) is 11.4. The summed E-state index contributed by atoms with van der Waals surface area (Å²) in [5.74, 6) is -1.81. The first-order valence-electron chi connectivity index (χ1n) is 6.29. The molecule has 0 aliphatic rings. The molecule has 0 saturated carbocycles. The minimum absolute atomic E-state index is 0.00338. The normalized spacial score (nSPS) is 17.1. The number of halogens is 3. The molecule has 0 bridgehead atoms. The Labute approximate surface area is 115 Å². The van der Waals surface area contributed by atoms with E-state index in [-0.39, 0.29) is 12.2 Å². The van der Waals surface area contributed by atoms with Gasteiger partial charge in [-0.1, -0.05) is 18.2 Å². The van der Waals surface area contributed by atoms with E-state index in [1.807, 2.05) is 0 Å². The van der Waals surface area contributed by atoms with Crippen molar-refractivity contribution in [2.24, 2.45) is 5.73 Å². The van der Waals surface area contributed by atoms with Crippen LogP contribution in [0.25, 0.3) is 0 Å². The van der Waals surface area contributed by atoms with Crippen molar-refractivity contribution in [2.45, 2.75) is 38.2 Å². The predicted octanol–water partition coefficient (Wildman–Crippen LogP) is 2.63. The molecule has 0 heterocycles. The molecule has 0 aromatic heterocycles. The topological polar surface area (TPSA) is 52.3 Å². The van der Waals surface area contributed by atoms with E-state index in [0.717, 1.165) is 6.07 Å². The molecule has 2 N–H and O–H groups in total. The van der Waals surface area contributed by atoms with Gasteiger partial charge in [0, 0.05) is 12.0 Å². The quantitative estimate of drug-likeness (QED) is 0.819. The van der Waals surface area contributed by atoms with Crippen LogP contribution in [0.5, 0.6) is 0 Å². The second-order valence-corrected chi connectivity index (χ2v) is 4.69. The Morgan fingerprint density at radius 2 is 2.00 bits per heavy atom. The summed E-state index contributed by atoms with van der Waals surface area (Å²) in [6.45, 7) is 2.78. The van der Waals surface area contributed by atoms with Crippen molar-refractivity contribution >= 4 is 5.97 Å². The Bertz CT molecular complexity index is 465. The number of rotatable bonds is 6. The monoisotopic (exact) mass is 289 g/mol. The summed E-state index contributed by atoms with van der Waals surface area (Å²) < 4.78 is 45.8. The maximum atomic E-state index is 14.2. The largest absolute Gasteiger partial charge is 0.464 e. The molecule has 0 aliphatic carbocycles. The van der Waals surface area contributed by atoms with Crippen LogP contribution < -0.4 is 5.73 Å². The fraction of sp³-hybridized carbons (Fsp3) is 0.500. The third-order valence-corrected chi connectivity index (χ3v) is 3.06. The molecule has 1 aromatic carbocycles. The number of hydrogen-bond acceptors (Lipinski definition) is 3. The number of esters is 1. The molecule has 0 aliphatic heterocycles. The average Bonchev–Trinajstić information content (AvgIpc) is 2.39. The van der Waals surface area contributed by atoms with Crippen molar-refractivity contribution in [3.63, 3.8) is 0 Å². The summed E-state index contributed by atoms with van der Waals surface area (Å²) >= 11 is 0. The van der Waals surface area contributed by atoms with Crippen LogP contribution in [-0.4, -0.2) is 24.9 Å². The van der Waals surface area contributed by atoms with Crippen LogP contribution in [0.1, 0.15) is 25.8 Å². The molecule has 112 valence electrons. The van der Waals surface area contributed by atoms with Gasteiger partial charge in [-0.25, -0.2) is 18.0 Å². The van der Waals surface area contributed by atoms with Gasteiger partial charge in [-0.3, -0.25) is 0 Å². The minimum Gasteiger partial charge on any atom is -0.464 e. The van der Waals surface area contributed by atoms with E-state index in [1.54, 1.807) is 0 Å². The SMILES string of the molecule is CCOC(=O)C(F)C[C@H](F)[C@@](C)(N)c1ccccc1F. The Hall–Kier alpha value is -1.56. The zero-order valence-corrected chi connectivity index (χ0v) is 11.4. The van der Waals surface area contributed by atoms with Crippen LogP contribution in [0.4, 0.5) is 13.2 Å². The summed E-state index contributed by atoms with van der Waals surface area (Å²) in [5, 5.41) is 0. The van der Waals surface area contributed by atoms with Gasteiger partial charge in [0.25, 0.3) is 0 Å². The van der Waals surface area contributed by atoms with Gasteiger partial charge in [0.05, 0.1) is 12.1 Å². The molecule has 0 fully saturated rings. The number of alkyl halides is 2. The first-order valence-corrected chi connectivity index (χ1v) is 6.29. The van der Waals surface area contributed by atoms with Gasteiger partial charge >= 0.3 is 5.97 Å². The van der Waals surface area contributed by atoms with Gasteiger partial charge in [-0.2, -0.15) is 0 Å². The van der Waals surface area contributed by atoms with Crippen molar-refractivity contribution in [1.82, 2.24) is 0 Å². The lowest BCUT2D eigenvalue weighted by atomic mass is 9.85. The Morgan fingerprint density at radius 3 is 2.55 bits per heavy atom. The summed E-state index contributed by atoms with van der Waals surface area (Å²) in [5.41, 5.74) is 3.97. The molecule has 1 aromatic rings. The van der Waals surface area contributed by atoms with Crippen molar-refractivity contribution < 1.29 is 22.7 Å². The van der Waals surface area contributed by atoms with Gasteiger partial charge in [0.2, 0.25) is 0 Å². The fourth-order valence-electron chi connectivity index (χ4n) is 1.82. The summed E-state index contributed by atoms with van der Waals surface area (Å²) in [7, 11) is 0. The summed E-state index contributed by atoms with van der Waals surface area (Å²) in [6, 6.07) is 5.43. The van der Waals surface area contributed by atoms with E-state index in [2.05, 4.69) is 4.74 Å². The van der Waals surface area contributed by atoms with E-state index < -0.39 is 36.1 Å². The molecule has 3 atom stereocenters. The molecule has 0 radical (unpaired) electrons. The van der Waals surface area contributed by atoms with Gasteiger partial charge < -0.3 is 10.5 Å². The molecule has 0 saturated heterocycles. The average molecular weight is 289 g/mol. The fourth-order valence-corrected chi connectivity index (χ4v) is 1.82. The third-order valence-electron chi connectivity index (χ3n) is 3.06. The van der Waals surface area contributed by atoms with Gasteiger partial charge in [0.15, 0.2) is 6.17 Å². The number of ether oxygens (including phenoxy) is 1. The molecule has 1 unspecified atom stereocenters. The molecule has 0 spiro atoms. The van der Waals surface area contributed by atoms with E-state index in [9.17, 15) is 18.0 Å². The zero-order chi connectivity index (χ0) is 15.3. The van der Waals surface area contributed by atoms with Crippen molar-refractivity contribution in [1.29, 1.82) is 0 Å². The lowest BCUT2D eigenvalue weighted by molar-refractivity contribution is -0.150. The van der Waals surface area contributed by atoms with Gasteiger partial charge in [-0.05, 0) is 19.9 Å². The number of benzene rings is 1. The van der Waals surface area contributed by atoms with Crippen LogP contribution >= 0.6 is 0 Å². The Balaban J connectivity index is 2.82. The van der Waals surface area contributed by atoms with Crippen molar-refractivity contribution in [2.75, 3.05) is 6.61 Å². The summed E-state index contributed by atoms with van der Waals surface area (Å²) in [6.07, 6.45) is -4.83. The second-order valence-electron chi connectivity index (χ2n) is 4.69. The number of nitrogens with two attached hydrogens (primary N) is 1. The van der Waals surface area contributed by atoms with Crippen molar-refractivity contribution in [3.05, 3.63) is 35.6 Å². The van der Waals surface area contributed by atoms with Crippen molar-refractivity contribution in [3.8, 4) is 0 Å². The number of carbonyl (C=O) groups excluding carboxylic acids is 1. The second kappa shape index (κ2) is 6.74. The predicted molar refractivity (Wildman–Crippen MR) is 69.0 cm³/mol. The first-order chi connectivity index (χ1) is 9.30. The van der Waals surface area contributed by atoms with Gasteiger partial charge in [0.1, 0.15) is 12.0 Å². The van der Waals surface area contributed by atoms with Crippen LogP contribution in [0.15, 0.2) is 24.3 Å². The van der Waals surface area contributed by atoms with Crippen LogP contribution in [-0.2, 0) is 15.1 Å². The standard InChI is InChI=1S/C14H18F3NO2/c1-3-20-13(19)11(16)8-12(17)14(2,18)9-6-4-5-7-10(9)15/h4-7,11-12H,3,8,18H2,1-2H3/t11?,12-,14-/m0/s1. The van der Waals surface area contributed by atoms with E-state index in [4.69, 9.17) is 5.73 Å². The highest BCUT2D eigenvalue weighted by molar-refractivity contribution is 5.74. The lowest BCUT2D eigenvalue weighted by Crippen LogP contribution is -2.45. The minimum atomic E-state index is -2.13. The highest BCUT2D eigenvalue weighted by Gasteiger charge is 2.37.